The fourth-order valence-corrected chi connectivity index (χ4v) is 3.58. The van der Waals surface area contributed by atoms with Gasteiger partial charge in [0.15, 0.2) is 0 Å². The van der Waals surface area contributed by atoms with Gasteiger partial charge in [0, 0.05) is 36.4 Å². The van der Waals surface area contributed by atoms with Gasteiger partial charge in [-0.2, -0.15) is 0 Å². The Morgan fingerprint density at radius 2 is 2.00 bits per heavy atom. The van der Waals surface area contributed by atoms with Gasteiger partial charge in [0.2, 0.25) is 5.91 Å². The summed E-state index contributed by atoms with van der Waals surface area (Å²) >= 11 is 0. The highest BCUT2D eigenvalue weighted by Gasteiger charge is 2.24. The Kier molecular flexibility index (Phi) is 10.4. The highest BCUT2D eigenvalue weighted by atomic mass is 16.7. The number of fused-ring (bicyclic) bond motifs is 1. The molecule has 0 saturated carbocycles. The van der Waals surface area contributed by atoms with Crippen LogP contribution in [0.15, 0.2) is 47.5 Å². The molecule has 0 fully saturated rings. The van der Waals surface area contributed by atoms with Crippen molar-refractivity contribution in [1.82, 2.24) is 5.48 Å². The number of rotatable bonds is 14. The summed E-state index contributed by atoms with van der Waals surface area (Å²) in [4.78, 5) is 21.7. The number of terminal acetylenes is 1. The summed E-state index contributed by atoms with van der Waals surface area (Å²) in [6, 6.07) is 13.4. The Bertz CT molecular complexity index is 1040. The number of carbonyl (C=O) groups is 1. The van der Waals surface area contributed by atoms with Crippen LogP contribution >= 0.6 is 0 Å². The number of amides is 1. The molecule has 1 heterocycles. The number of ether oxygens (including phenoxy) is 2. The minimum atomic E-state index is -0.361. The second-order valence-electron chi connectivity index (χ2n) is 7.96. The number of aliphatic imine (C=N–C) groups is 1. The third-order valence-corrected chi connectivity index (χ3v) is 5.40. The zero-order chi connectivity index (χ0) is 24.9. The van der Waals surface area contributed by atoms with E-state index in [0.29, 0.717) is 32.0 Å². The summed E-state index contributed by atoms with van der Waals surface area (Å²) in [5.74, 6) is 3.00. The Balaban J connectivity index is 1.65. The van der Waals surface area contributed by atoms with Crippen molar-refractivity contribution < 1.29 is 24.3 Å². The zero-order valence-corrected chi connectivity index (χ0v) is 19.9. The predicted octanol–water partition coefficient (Wildman–Crippen LogP) is 4.04. The third kappa shape index (κ3) is 8.00. The van der Waals surface area contributed by atoms with Crippen molar-refractivity contribution in [1.29, 1.82) is 0 Å². The molecule has 2 aromatic rings. The van der Waals surface area contributed by atoms with Crippen LogP contribution in [0.4, 0.5) is 11.4 Å². The largest absolute Gasteiger partial charge is 0.491 e. The van der Waals surface area contributed by atoms with Crippen molar-refractivity contribution in [2.45, 2.75) is 38.3 Å². The van der Waals surface area contributed by atoms with Gasteiger partial charge in [0.25, 0.3) is 0 Å². The smallest absolute Gasteiger partial charge is 0.243 e. The summed E-state index contributed by atoms with van der Waals surface area (Å²) in [6.45, 7) is 1.43. The third-order valence-electron chi connectivity index (χ3n) is 5.40. The highest BCUT2D eigenvalue weighted by molar-refractivity contribution is 5.82. The molecule has 0 saturated heterocycles. The van der Waals surface area contributed by atoms with Gasteiger partial charge in [-0.1, -0.05) is 24.8 Å². The van der Waals surface area contributed by atoms with Crippen molar-refractivity contribution in [2.24, 2.45) is 4.99 Å². The number of hydroxylamine groups is 2. The first kappa shape index (κ1) is 26.0. The molecular formula is C26H32N4O5. The van der Waals surface area contributed by atoms with E-state index in [1.165, 1.54) is 0 Å². The molecule has 9 nitrogen and oxygen atoms in total. The van der Waals surface area contributed by atoms with Gasteiger partial charge < -0.3 is 14.8 Å². The first-order valence-corrected chi connectivity index (χ1v) is 11.6. The van der Waals surface area contributed by atoms with E-state index in [0.717, 1.165) is 48.2 Å². The lowest BCUT2D eigenvalue weighted by atomic mass is 10.1. The number of hydrogen-bond acceptors (Lipinski definition) is 8. The molecule has 186 valence electrons. The number of carbonyl (C=O) groups excluding carboxylic acids is 1. The van der Waals surface area contributed by atoms with Crippen molar-refractivity contribution in [3.63, 3.8) is 0 Å². The summed E-state index contributed by atoms with van der Waals surface area (Å²) < 4.78 is 10.9. The number of unbranched alkanes of at least 4 members (excludes halogenated alkanes) is 3. The van der Waals surface area contributed by atoms with E-state index in [2.05, 4.69) is 16.2 Å². The summed E-state index contributed by atoms with van der Waals surface area (Å²) in [5, 5.41) is 13.6. The van der Waals surface area contributed by atoms with Gasteiger partial charge in [0.1, 0.15) is 24.9 Å². The van der Waals surface area contributed by atoms with Gasteiger partial charge in [-0.05, 0) is 43.2 Å². The van der Waals surface area contributed by atoms with Crippen LogP contribution in [-0.2, 0) is 14.4 Å². The number of nitrogens with one attached hydrogen (secondary N) is 2. The van der Waals surface area contributed by atoms with E-state index >= 15 is 0 Å². The fourth-order valence-electron chi connectivity index (χ4n) is 3.58. The molecule has 1 aliphatic heterocycles. The molecule has 35 heavy (non-hydrogen) atoms. The summed E-state index contributed by atoms with van der Waals surface area (Å²) in [5.41, 5.74) is 5.08. The maximum Gasteiger partial charge on any atom is 0.243 e. The summed E-state index contributed by atoms with van der Waals surface area (Å²) in [6.07, 6.45) is 10.5. The molecule has 3 N–H and O–H groups in total. The van der Waals surface area contributed by atoms with Crippen LogP contribution < -0.4 is 20.6 Å². The Morgan fingerprint density at radius 1 is 1.14 bits per heavy atom. The van der Waals surface area contributed by atoms with Gasteiger partial charge in [-0.25, -0.2) is 15.5 Å². The quantitative estimate of drug-likeness (QED) is 0.162. The summed E-state index contributed by atoms with van der Waals surface area (Å²) in [7, 11) is 1.63. The SMILES string of the molecule is C#Cc1cccc(NC2N=CN(OCCCCCCC(=O)NO)c3cc(OCCOC)ccc32)c1. The van der Waals surface area contributed by atoms with Crippen LogP contribution in [0.1, 0.15) is 49.4 Å². The topological polar surface area (TPSA) is 105 Å². The van der Waals surface area contributed by atoms with Crippen LogP contribution in [0, 0.1) is 12.3 Å². The van der Waals surface area contributed by atoms with Crippen LogP contribution in [-0.4, -0.2) is 44.4 Å². The molecule has 1 amide bonds. The minimum absolute atomic E-state index is 0.313. The highest BCUT2D eigenvalue weighted by Crippen LogP contribution is 2.36. The van der Waals surface area contributed by atoms with E-state index in [4.69, 9.17) is 25.9 Å². The van der Waals surface area contributed by atoms with E-state index in [1.807, 2.05) is 42.5 Å². The normalized spacial score (nSPS) is 14.2. The molecule has 1 aliphatic rings. The first-order valence-electron chi connectivity index (χ1n) is 11.6. The van der Waals surface area contributed by atoms with E-state index in [-0.39, 0.29) is 12.1 Å². The van der Waals surface area contributed by atoms with Gasteiger partial charge in [0.05, 0.1) is 18.9 Å². The van der Waals surface area contributed by atoms with Crippen molar-refractivity contribution in [3.8, 4) is 18.1 Å². The van der Waals surface area contributed by atoms with Crippen molar-refractivity contribution in [2.75, 3.05) is 37.3 Å². The van der Waals surface area contributed by atoms with E-state index in [9.17, 15) is 4.79 Å². The number of nitrogens with zero attached hydrogens (tertiary/aromatic N) is 2. The molecule has 0 aliphatic carbocycles. The molecule has 0 spiro atoms. The first-order chi connectivity index (χ1) is 17.1. The zero-order valence-electron chi connectivity index (χ0n) is 19.9. The van der Waals surface area contributed by atoms with Gasteiger partial charge in [-0.15, -0.1) is 6.42 Å². The lowest BCUT2D eigenvalue weighted by Gasteiger charge is -2.30. The van der Waals surface area contributed by atoms with Crippen molar-refractivity contribution >= 4 is 23.6 Å². The second kappa shape index (κ2) is 14.0. The van der Waals surface area contributed by atoms with Crippen molar-refractivity contribution in [3.05, 3.63) is 53.6 Å². The Hall–Kier alpha value is -3.58. The van der Waals surface area contributed by atoms with Gasteiger partial charge in [-0.3, -0.25) is 14.8 Å². The molecule has 9 heteroatoms. The Labute approximate surface area is 206 Å². The molecule has 1 atom stereocenters. The number of methoxy groups -OCH3 is 1. The van der Waals surface area contributed by atoms with Crippen LogP contribution in [0.5, 0.6) is 5.75 Å². The number of hydrogen-bond donors (Lipinski definition) is 3. The molecule has 1 unspecified atom stereocenters. The molecule has 0 radical (unpaired) electrons. The maximum absolute atomic E-state index is 11.1. The van der Waals surface area contributed by atoms with Gasteiger partial charge >= 0.3 is 0 Å². The molecule has 2 aromatic carbocycles. The number of benzene rings is 2. The molecule has 0 aromatic heterocycles. The van der Waals surface area contributed by atoms with Crippen LogP contribution in [0.3, 0.4) is 0 Å². The fraction of sp³-hybridized carbons (Fsp3) is 0.385. The van der Waals surface area contributed by atoms with Crippen LogP contribution in [0.2, 0.25) is 0 Å². The monoisotopic (exact) mass is 480 g/mol. The Morgan fingerprint density at radius 3 is 2.80 bits per heavy atom. The lowest BCUT2D eigenvalue weighted by Crippen LogP contribution is -2.29. The molecular weight excluding hydrogens is 448 g/mol. The minimum Gasteiger partial charge on any atom is -0.491 e. The predicted molar refractivity (Wildman–Crippen MR) is 134 cm³/mol. The molecule has 3 rings (SSSR count). The number of anilines is 2. The lowest BCUT2D eigenvalue weighted by molar-refractivity contribution is -0.129. The van der Waals surface area contributed by atoms with E-state index < -0.39 is 0 Å². The maximum atomic E-state index is 11.1. The van der Waals surface area contributed by atoms with Crippen LogP contribution in [0.25, 0.3) is 0 Å². The molecule has 0 bridgehead atoms. The van der Waals surface area contributed by atoms with E-state index in [1.54, 1.807) is 24.0 Å². The second-order valence-corrected chi connectivity index (χ2v) is 7.96. The standard InChI is InChI=1S/C26H32N4O5/c1-3-20-9-8-10-21(17-20)28-26-23-13-12-22(34-16-15-33-2)18-24(23)30(19-27-26)35-14-7-5-4-6-11-25(31)29-32/h1,8-10,12-13,17-19,26,28,32H,4-7,11,14-16H2,2H3,(H,29,31). The average Bonchev–Trinajstić information content (AvgIpc) is 2.89. The average molecular weight is 481 g/mol.